The number of carbonyl (C=O) groups is 2. The van der Waals surface area contributed by atoms with Gasteiger partial charge in [-0.3, -0.25) is 4.79 Å². The van der Waals surface area contributed by atoms with Crippen LogP contribution in [0.1, 0.15) is 24.2 Å². The molecule has 110 valence electrons. The lowest BCUT2D eigenvalue weighted by atomic mass is 10.1. The molecule has 0 fully saturated rings. The average molecular weight is 287 g/mol. The van der Waals surface area contributed by atoms with Gasteiger partial charge >= 0.3 is 12.6 Å². The molecule has 0 radical (unpaired) electrons. The molecule has 0 heterocycles. The molecule has 5 nitrogen and oxygen atoms in total. The van der Waals surface area contributed by atoms with Crippen molar-refractivity contribution in [3.8, 4) is 5.75 Å². The normalized spacial score (nSPS) is 11.8. The predicted octanol–water partition coefficient (Wildman–Crippen LogP) is 1.97. The van der Waals surface area contributed by atoms with E-state index in [0.29, 0.717) is 0 Å². The molecule has 1 N–H and O–H groups in total. The monoisotopic (exact) mass is 287 g/mol. The zero-order valence-electron chi connectivity index (χ0n) is 11.1. The Morgan fingerprint density at radius 2 is 1.95 bits per heavy atom. The van der Waals surface area contributed by atoms with Crippen molar-refractivity contribution in [3.05, 3.63) is 29.8 Å². The van der Waals surface area contributed by atoms with E-state index >= 15 is 0 Å². The van der Waals surface area contributed by atoms with E-state index in [2.05, 4.69) is 10.1 Å². The number of hydrogen-bond acceptors (Lipinski definition) is 4. The van der Waals surface area contributed by atoms with Crippen molar-refractivity contribution in [1.82, 2.24) is 5.32 Å². The summed E-state index contributed by atoms with van der Waals surface area (Å²) in [6.45, 7) is 0.223. The van der Waals surface area contributed by atoms with Crippen molar-refractivity contribution >= 4 is 11.9 Å². The number of esters is 1. The van der Waals surface area contributed by atoms with Crippen molar-refractivity contribution in [1.29, 1.82) is 0 Å². The van der Waals surface area contributed by atoms with E-state index in [4.69, 9.17) is 4.74 Å². The molecular weight excluding hydrogens is 272 g/mol. The lowest BCUT2D eigenvalue weighted by Gasteiger charge is -2.14. The molecule has 7 heteroatoms. The Bertz CT molecular complexity index is 479. The highest BCUT2D eigenvalue weighted by Gasteiger charge is 2.20. The first kappa shape index (κ1) is 15.9. The van der Waals surface area contributed by atoms with Crippen LogP contribution in [-0.4, -0.2) is 31.1 Å². The van der Waals surface area contributed by atoms with Crippen LogP contribution in [0.2, 0.25) is 0 Å². The average Bonchev–Trinajstić information content (AvgIpc) is 2.38. The minimum absolute atomic E-state index is 0.0797. The molecule has 1 rings (SSSR count). The molecule has 0 aliphatic rings. The molecule has 0 saturated carbocycles. The van der Waals surface area contributed by atoms with E-state index in [1.54, 1.807) is 6.92 Å². The molecular formula is C13H15F2NO4. The Morgan fingerprint density at radius 1 is 1.30 bits per heavy atom. The molecule has 20 heavy (non-hydrogen) atoms. The summed E-state index contributed by atoms with van der Waals surface area (Å²) >= 11 is 0. The van der Waals surface area contributed by atoms with Crippen LogP contribution in [0.5, 0.6) is 5.75 Å². The minimum atomic E-state index is -3.04. The maximum absolute atomic E-state index is 12.2. The van der Waals surface area contributed by atoms with E-state index in [0.717, 1.165) is 0 Å². The van der Waals surface area contributed by atoms with E-state index < -0.39 is 24.5 Å². The summed E-state index contributed by atoms with van der Waals surface area (Å²) in [4.78, 5) is 23.3. The first-order valence-electron chi connectivity index (χ1n) is 5.97. The molecule has 0 bridgehead atoms. The van der Waals surface area contributed by atoms with Gasteiger partial charge in [0.2, 0.25) is 0 Å². The second-order valence-corrected chi connectivity index (χ2v) is 3.82. The van der Waals surface area contributed by atoms with Gasteiger partial charge < -0.3 is 14.8 Å². The second-order valence-electron chi connectivity index (χ2n) is 3.82. The summed E-state index contributed by atoms with van der Waals surface area (Å²) in [6, 6.07) is 4.65. The van der Waals surface area contributed by atoms with Gasteiger partial charge in [0.1, 0.15) is 11.8 Å². The highest BCUT2D eigenvalue weighted by atomic mass is 19.3. The Hall–Kier alpha value is -2.18. The third-order valence-electron chi connectivity index (χ3n) is 2.34. The van der Waals surface area contributed by atoms with E-state index in [9.17, 15) is 18.4 Å². The quantitative estimate of drug-likeness (QED) is 0.812. The number of rotatable bonds is 6. The number of benzene rings is 1. The Kier molecular flexibility index (Phi) is 5.89. The summed E-state index contributed by atoms with van der Waals surface area (Å²) < 4.78 is 33.4. The third kappa shape index (κ3) is 4.49. The number of hydrogen-bond donors (Lipinski definition) is 1. The molecule has 0 aliphatic carbocycles. The Balaban J connectivity index is 2.79. The SMILES string of the molecule is CCOC(=O)C(C)NC(=O)c1ccccc1OC(F)F. The maximum atomic E-state index is 12.2. The van der Waals surface area contributed by atoms with Gasteiger partial charge in [-0.25, -0.2) is 4.79 Å². The molecule has 1 aromatic carbocycles. The largest absolute Gasteiger partial charge is 0.464 e. The van der Waals surface area contributed by atoms with Gasteiger partial charge in [-0.1, -0.05) is 12.1 Å². The fourth-order valence-corrected chi connectivity index (χ4v) is 1.45. The number of alkyl halides is 2. The first-order valence-corrected chi connectivity index (χ1v) is 5.97. The molecule has 0 aliphatic heterocycles. The lowest BCUT2D eigenvalue weighted by molar-refractivity contribution is -0.144. The van der Waals surface area contributed by atoms with Crippen LogP contribution in [0.4, 0.5) is 8.78 Å². The van der Waals surface area contributed by atoms with Crippen LogP contribution < -0.4 is 10.1 Å². The smallest absolute Gasteiger partial charge is 0.387 e. The molecule has 0 spiro atoms. The fraction of sp³-hybridized carbons (Fsp3) is 0.385. The van der Waals surface area contributed by atoms with Crippen LogP contribution >= 0.6 is 0 Å². The summed E-state index contributed by atoms with van der Waals surface area (Å²) in [7, 11) is 0. The van der Waals surface area contributed by atoms with Crippen LogP contribution in [0, 0.1) is 0 Å². The van der Waals surface area contributed by atoms with Crippen molar-refractivity contribution < 1.29 is 27.8 Å². The minimum Gasteiger partial charge on any atom is -0.464 e. The molecule has 0 aromatic heterocycles. The van der Waals surface area contributed by atoms with Crippen molar-refractivity contribution in [2.45, 2.75) is 26.5 Å². The molecule has 1 amide bonds. The number of carbonyl (C=O) groups excluding carboxylic acids is 2. The van der Waals surface area contributed by atoms with Gasteiger partial charge in [0.05, 0.1) is 12.2 Å². The molecule has 1 unspecified atom stereocenters. The summed E-state index contributed by atoms with van der Waals surface area (Å²) in [5.74, 6) is -1.55. The van der Waals surface area contributed by atoms with Crippen molar-refractivity contribution in [2.24, 2.45) is 0 Å². The van der Waals surface area contributed by atoms with Gasteiger partial charge in [-0.15, -0.1) is 0 Å². The second kappa shape index (κ2) is 7.42. The molecule has 1 atom stereocenters. The third-order valence-corrected chi connectivity index (χ3v) is 2.34. The lowest BCUT2D eigenvalue weighted by Crippen LogP contribution is -2.39. The number of nitrogens with one attached hydrogen (secondary N) is 1. The summed E-state index contributed by atoms with van der Waals surface area (Å²) in [5, 5.41) is 2.36. The van der Waals surface area contributed by atoms with Gasteiger partial charge in [-0.2, -0.15) is 8.78 Å². The van der Waals surface area contributed by atoms with Crippen LogP contribution in [-0.2, 0) is 9.53 Å². The zero-order valence-corrected chi connectivity index (χ0v) is 11.1. The van der Waals surface area contributed by atoms with Gasteiger partial charge in [0, 0.05) is 0 Å². The highest BCUT2D eigenvalue weighted by Crippen LogP contribution is 2.20. The Morgan fingerprint density at radius 3 is 2.55 bits per heavy atom. The van der Waals surface area contributed by atoms with Gasteiger partial charge in [-0.05, 0) is 26.0 Å². The summed E-state index contributed by atoms with van der Waals surface area (Å²) in [5.41, 5.74) is -0.0797. The number of ether oxygens (including phenoxy) is 2. The molecule has 0 saturated heterocycles. The van der Waals surface area contributed by atoms with Crippen LogP contribution in [0.25, 0.3) is 0 Å². The molecule has 1 aromatic rings. The van der Waals surface area contributed by atoms with E-state index in [1.165, 1.54) is 31.2 Å². The summed E-state index contributed by atoms with van der Waals surface area (Å²) in [6.07, 6.45) is 0. The van der Waals surface area contributed by atoms with E-state index in [1.807, 2.05) is 0 Å². The number of amides is 1. The van der Waals surface area contributed by atoms with E-state index in [-0.39, 0.29) is 17.9 Å². The van der Waals surface area contributed by atoms with Crippen molar-refractivity contribution in [2.75, 3.05) is 6.61 Å². The van der Waals surface area contributed by atoms with Crippen LogP contribution in [0.15, 0.2) is 24.3 Å². The van der Waals surface area contributed by atoms with Crippen molar-refractivity contribution in [3.63, 3.8) is 0 Å². The highest BCUT2D eigenvalue weighted by molar-refractivity contribution is 5.98. The fourth-order valence-electron chi connectivity index (χ4n) is 1.45. The van der Waals surface area contributed by atoms with Gasteiger partial charge in [0.15, 0.2) is 0 Å². The van der Waals surface area contributed by atoms with Crippen LogP contribution in [0.3, 0.4) is 0 Å². The van der Waals surface area contributed by atoms with Gasteiger partial charge in [0.25, 0.3) is 5.91 Å². The number of para-hydroxylation sites is 1. The first-order chi connectivity index (χ1) is 9.45. The zero-order chi connectivity index (χ0) is 15.1. The maximum Gasteiger partial charge on any atom is 0.387 e. The Labute approximate surface area is 114 Å². The standard InChI is InChI=1S/C13H15F2NO4/c1-3-19-12(18)8(2)16-11(17)9-6-4-5-7-10(9)20-13(14)15/h4-8,13H,3H2,1-2H3,(H,16,17). The number of halogens is 2. The topological polar surface area (TPSA) is 64.6 Å². The predicted molar refractivity (Wildman–Crippen MR) is 66.6 cm³/mol.